The van der Waals surface area contributed by atoms with E-state index >= 15 is 0 Å². The molecule has 0 bridgehead atoms. The normalized spacial score (nSPS) is 52.5. The van der Waals surface area contributed by atoms with Gasteiger partial charge in [0.15, 0.2) is 0 Å². The Labute approximate surface area is 140 Å². The summed E-state index contributed by atoms with van der Waals surface area (Å²) in [5.74, 6) is 4.22. The Morgan fingerprint density at radius 1 is 0.957 bits per heavy atom. The van der Waals surface area contributed by atoms with E-state index in [1.54, 1.807) is 0 Å². The van der Waals surface area contributed by atoms with Crippen LogP contribution in [0, 0.1) is 40.4 Å². The molecular formula is C21H32O2. The van der Waals surface area contributed by atoms with Crippen LogP contribution in [0.15, 0.2) is 0 Å². The third kappa shape index (κ3) is 2.12. The van der Waals surface area contributed by atoms with E-state index in [4.69, 9.17) is 0 Å². The Morgan fingerprint density at radius 2 is 1.70 bits per heavy atom. The number of rotatable bonds is 1. The standard InChI is InChI=1S/C21H32O2/c1-13(22)17-8-9-18-16-7-5-14-4-6-15(23)12-21(14,3)19(16)10-11-20(17,18)2/h14,16-19H,4-12H2,1-3H3/t14-,16+,17-,18+,19+,20-,21+/m1/s1. The second-order valence-corrected chi connectivity index (χ2v) is 9.70. The lowest BCUT2D eigenvalue weighted by Crippen LogP contribution is -2.54. The largest absolute Gasteiger partial charge is 0.300 e. The zero-order valence-electron chi connectivity index (χ0n) is 15.1. The van der Waals surface area contributed by atoms with Crippen molar-refractivity contribution in [3.63, 3.8) is 0 Å². The fourth-order valence-corrected chi connectivity index (χ4v) is 7.80. The number of Topliss-reactive ketones (excluding diaryl/α,β-unsaturated/α-hetero) is 2. The highest BCUT2D eigenvalue weighted by molar-refractivity contribution is 5.80. The van der Waals surface area contributed by atoms with Gasteiger partial charge in [0.05, 0.1) is 0 Å². The highest BCUT2D eigenvalue weighted by Crippen LogP contribution is 2.67. The molecule has 0 heterocycles. The van der Waals surface area contributed by atoms with Gasteiger partial charge in [-0.25, -0.2) is 0 Å². The summed E-state index contributed by atoms with van der Waals surface area (Å²) in [5.41, 5.74) is 0.503. The fraction of sp³-hybridized carbons (Fsp3) is 0.905. The van der Waals surface area contributed by atoms with Gasteiger partial charge >= 0.3 is 0 Å². The van der Waals surface area contributed by atoms with E-state index in [9.17, 15) is 9.59 Å². The van der Waals surface area contributed by atoms with E-state index in [0.717, 1.165) is 49.4 Å². The van der Waals surface area contributed by atoms with E-state index in [-0.39, 0.29) is 10.8 Å². The fourth-order valence-electron chi connectivity index (χ4n) is 7.80. The smallest absolute Gasteiger partial charge is 0.133 e. The molecule has 0 saturated heterocycles. The summed E-state index contributed by atoms with van der Waals surface area (Å²) >= 11 is 0. The molecule has 128 valence electrons. The minimum Gasteiger partial charge on any atom is -0.300 e. The monoisotopic (exact) mass is 316 g/mol. The van der Waals surface area contributed by atoms with E-state index in [2.05, 4.69) is 13.8 Å². The van der Waals surface area contributed by atoms with Gasteiger partial charge in [0.2, 0.25) is 0 Å². The van der Waals surface area contributed by atoms with Crippen LogP contribution in [-0.2, 0) is 9.59 Å². The van der Waals surface area contributed by atoms with Crippen LogP contribution in [0.5, 0.6) is 0 Å². The summed E-state index contributed by atoms with van der Waals surface area (Å²) in [6, 6.07) is 0. The van der Waals surface area contributed by atoms with Crippen LogP contribution in [0.3, 0.4) is 0 Å². The molecule has 0 amide bonds. The lowest BCUT2D eigenvalue weighted by atomic mass is 9.44. The van der Waals surface area contributed by atoms with E-state index in [0.29, 0.717) is 17.5 Å². The molecule has 4 fully saturated rings. The van der Waals surface area contributed by atoms with Crippen LogP contribution >= 0.6 is 0 Å². The Balaban J connectivity index is 1.64. The molecule has 4 aliphatic carbocycles. The lowest BCUT2D eigenvalue weighted by molar-refractivity contribution is -0.143. The molecule has 4 saturated carbocycles. The van der Waals surface area contributed by atoms with Crippen molar-refractivity contribution in [2.45, 2.75) is 78.6 Å². The van der Waals surface area contributed by atoms with Crippen molar-refractivity contribution in [3.8, 4) is 0 Å². The quantitative estimate of drug-likeness (QED) is 0.696. The van der Waals surface area contributed by atoms with E-state index in [1.807, 2.05) is 6.92 Å². The zero-order chi connectivity index (χ0) is 16.4. The average Bonchev–Trinajstić information content (AvgIpc) is 2.83. The number of ketones is 2. The minimum absolute atomic E-state index is 0.245. The van der Waals surface area contributed by atoms with Crippen molar-refractivity contribution in [2.75, 3.05) is 0 Å². The third-order valence-corrected chi connectivity index (χ3v) is 8.91. The highest BCUT2D eigenvalue weighted by atomic mass is 16.1. The first-order valence-corrected chi connectivity index (χ1v) is 9.88. The van der Waals surface area contributed by atoms with Gasteiger partial charge in [-0.1, -0.05) is 13.8 Å². The zero-order valence-corrected chi connectivity index (χ0v) is 15.1. The third-order valence-electron chi connectivity index (χ3n) is 8.91. The van der Waals surface area contributed by atoms with Crippen molar-refractivity contribution < 1.29 is 9.59 Å². The first kappa shape index (κ1) is 15.8. The van der Waals surface area contributed by atoms with Crippen molar-refractivity contribution >= 4 is 11.6 Å². The summed E-state index contributed by atoms with van der Waals surface area (Å²) in [6.45, 7) is 6.65. The van der Waals surface area contributed by atoms with Crippen LogP contribution in [0.4, 0.5) is 0 Å². The second kappa shape index (κ2) is 5.17. The Morgan fingerprint density at radius 3 is 2.43 bits per heavy atom. The maximum atomic E-state index is 12.2. The topological polar surface area (TPSA) is 34.1 Å². The van der Waals surface area contributed by atoms with Crippen molar-refractivity contribution in [3.05, 3.63) is 0 Å². The molecule has 7 atom stereocenters. The Hall–Kier alpha value is -0.660. The maximum absolute atomic E-state index is 12.2. The molecule has 2 nitrogen and oxygen atoms in total. The van der Waals surface area contributed by atoms with Gasteiger partial charge in [-0.3, -0.25) is 9.59 Å². The maximum Gasteiger partial charge on any atom is 0.133 e. The molecule has 0 radical (unpaired) electrons. The number of hydrogen-bond donors (Lipinski definition) is 0. The summed E-state index contributed by atoms with van der Waals surface area (Å²) in [4.78, 5) is 24.3. The summed E-state index contributed by atoms with van der Waals surface area (Å²) in [7, 11) is 0. The molecule has 0 aromatic carbocycles. The van der Waals surface area contributed by atoms with Crippen LogP contribution in [0.25, 0.3) is 0 Å². The van der Waals surface area contributed by atoms with E-state index in [1.165, 1.54) is 32.1 Å². The van der Waals surface area contributed by atoms with Gasteiger partial charge in [-0.15, -0.1) is 0 Å². The van der Waals surface area contributed by atoms with Gasteiger partial charge in [0, 0.05) is 18.8 Å². The van der Waals surface area contributed by atoms with Gasteiger partial charge in [-0.05, 0) is 86.4 Å². The molecule has 2 heteroatoms. The number of fused-ring (bicyclic) bond motifs is 5. The van der Waals surface area contributed by atoms with Crippen molar-refractivity contribution in [2.24, 2.45) is 40.4 Å². The van der Waals surface area contributed by atoms with Gasteiger partial charge in [-0.2, -0.15) is 0 Å². The van der Waals surface area contributed by atoms with Crippen LogP contribution in [-0.4, -0.2) is 11.6 Å². The van der Waals surface area contributed by atoms with Crippen LogP contribution in [0.1, 0.15) is 78.6 Å². The molecule has 4 rings (SSSR count). The summed E-state index contributed by atoms with van der Waals surface area (Å²) in [5, 5.41) is 0. The molecule has 0 unspecified atom stereocenters. The molecule has 23 heavy (non-hydrogen) atoms. The number of hydrogen-bond acceptors (Lipinski definition) is 2. The van der Waals surface area contributed by atoms with Crippen LogP contribution in [0.2, 0.25) is 0 Å². The number of carbonyl (C=O) groups excluding carboxylic acids is 2. The molecule has 0 N–H and O–H groups in total. The number of carbonyl (C=O) groups is 2. The van der Waals surface area contributed by atoms with Crippen LogP contribution < -0.4 is 0 Å². The molecule has 0 aromatic heterocycles. The predicted molar refractivity (Wildman–Crippen MR) is 90.9 cm³/mol. The van der Waals surface area contributed by atoms with E-state index < -0.39 is 0 Å². The van der Waals surface area contributed by atoms with Crippen molar-refractivity contribution in [1.29, 1.82) is 0 Å². The lowest BCUT2D eigenvalue weighted by Gasteiger charge is -2.60. The molecule has 4 aliphatic rings. The van der Waals surface area contributed by atoms with Gasteiger partial charge in [0.1, 0.15) is 11.6 Å². The SMILES string of the molecule is CC(=O)[C@H]1CC[C@H]2[C@@H]3CC[C@H]4CCC(=O)C[C@]4(C)[C@H]3CC[C@]12C. The predicted octanol–water partition coefficient (Wildman–Crippen LogP) is 4.80. The first-order valence-electron chi connectivity index (χ1n) is 9.88. The first-order chi connectivity index (χ1) is 10.9. The molecular weight excluding hydrogens is 284 g/mol. The molecule has 0 aliphatic heterocycles. The van der Waals surface area contributed by atoms with Gasteiger partial charge in [0.25, 0.3) is 0 Å². The molecule has 0 aromatic rings. The summed E-state index contributed by atoms with van der Waals surface area (Å²) in [6.07, 6.45) is 10.3. The molecule has 0 spiro atoms. The highest BCUT2D eigenvalue weighted by Gasteiger charge is 2.60. The minimum atomic E-state index is 0.245. The summed E-state index contributed by atoms with van der Waals surface area (Å²) < 4.78 is 0. The van der Waals surface area contributed by atoms with Gasteiger partial charge < -0.3 is 0 Å². The Bertz CT molecular complexity index is 538. The average molecular weight is 316 g/mol. The Kier molecular flexibility index (Phi) is 3.56. The van der Waals surface area contributed by atoms with Crippen molar-refractivity contribution in [1.82, 2.24) is 0 Å². The second-order valence-electron chi connectivity index (χ2n) is 9.70.